The summed E-state index contributed by atoms with van der Waals surface area (Å²) in [5.74, 6) is -0.153. The maximum absolute atomic E-state index is 12.9. The van der Waals surface area contributed by atoms with E-state index in [-0.39, 0.29) is 35.9 Å². The Kier molecular flexibility index (Phi) is 12.8. The number of nitrogens with zero attached hydrogens (tertiary/aromatic N) is 2. The molecule has 0 amide bonds. The van der Waals surface area contributed by atoms with Crippen molar-refractivity contribution in [2.75, 3.05) is 36.0 Å². The molecule has 1 N–H and O–H groups in total. The van der Waals surface area contributed by atoms with Crippen LogP contribution in [0.2, 0.25) is 0 Å². The molecule has 0 fully saturated rings. The molecule has 4 aromatic carbocycles. The molecule has 0 aliphatic heterocycles. The highest BCUT2D eigenvalue weighted by molar-refractivity contribution is 7.48. The minimum atomic E-state index is -4.63. The Morgan fingerprint density at radius 1 is 0.596 bits per heavy atom. The number of ketones is 2. The van der Waals surface area contributed by atoms with E-state index in [0.29, 0.717) is 24.0 Å². The molecule has 0 aromatic heterocycles. The van der Waals surface area contributed by atoms with Gasteiger partial charge >= 0.3 is 7.82 Å². The van der Waals surface area contributed by atoms with Crippen molar-refractivity contribution in [3.05, 3.63) is 119 Å². The lowest BCUT2D eigenvalue weighted by molar-refractivity contribution is 0.0975. The number of hydrogen-bond acceptors (Lipinski definition) is 7. The molecule has 0 bridgehead atoms. The van der Waals surface area contributed by atoms with Crippen molar-refractivity contribution in [2.24, 2.45) is 0 Å². The van der Waals surface area contributed by atoms with E-state index in [1.54, 1.807) is 24.3 Å². The van der Waals surface area contributed by atoms with E-state index in [9.17, 15) is 19.0 Å². The van der Waals surface area contributed by atoms with Gasteiger partial charge in [0.25, 0.3) is 0 Å². The van der Waals surface area contributed by atoms with Crippen molar-refractivity contribution in [3.63, 3.8) is 0 Å². The summed E-state index contributed by atoms with van der Waals surface area (Å²) >= 11 is 0. The lowest BCUT2D eigenvalue weighted by Gasteiger charge is -2.21. The molecule has 0 aliphatic carbocycles. The number of carbonyl (C=O) groups is 2. The molecule has 8 nitrogen and oxygen atoms in total. The van der Waals surface area contributed by atoms with Crippen LogP contribution < -0.4 is 18.8 Å². The van der Waals surface area contributed by atoms with Crippen LogP contribution in [0.1, 0.15) is 72.4 Å². The standard InChI is InChI=1S/C38H45N2O6P/c1-5-39(6-2)33-21-15-29(16-22-33)19-25-37(41)31-11-9-13-35(27-31)45-47(43,44)46-36-14-10-12-32(28-36)38(42)26-20-30-17-23-34(24-18-30)40(7-3)8-4/h9-18,21-24,27-28H,5-8,19-20,25-26H2,1-4H3,(H,43,44). The van der Waals surface area contributed by atoms with E-state index in [2.05, 4.69) is 61.8 Å². The highest BCUT2D eigenvalue weighted by Gasteiger charge is 2.26. The van der Waals surface area contributed by atoms with Gasteiger partial charge in [-0.1, -0.05) is 48.5 Å². The molecule has 0 saturated carbocycles. The van der Waals surface area contributed by atoms with E-state index in [1.807, 2.05) is 24.3 Å². The van der Waals surface area contributed by atoms with E-state index in [0.717, 1.165) is 48.7 Å². The molecular formula is C38H45N2O6P. The van der Waals surface area contributed by atoms with Gasteiger partial charge in [-0.3, -0.25) is 14.5 Å². The van der Waals surface area contributed by atoms with Gasteiger partial charge < -0.3 is 18.8 Å². The van der Waals surface area contributed by atoms with Crippen molar-refractivity contribution in [3.8, 4) is 11.5 Å². The molecule has 0 saturated heterocycles. The van der Waals surface area contributed by atoms with E-state index < -0.39 is 7.82 Å². The Morgan fingerprint density at radius 2 is 0.957 bits per heavy atom. The Hall–Kier alpha value is -4.39. The number of rotatable bonds is 18. The van der Waals surface area contributed by atoms with Crippen molar-refractivity contribution in [2.45, 2.75) is 53.4 Å². The summed E-state index contributed by atoms with van der Waals surface area (Å²) < 4.78 is 23.5. The van der Waals surface area contributed by atoms with Crippen molar-refractivity contribution in [1.29, 1.82) is 0 Å². The van der Waals surface area contributed by atoms with Crippen LogP contribution >= 0.6 is 7.82 Å². The number of phosphoric ester groups is 1. The lowest BCUT2D eigenvalue weighted by Crippen LogP contribution is -2.21. The van der Waals surface area contributed by atoms with Gasteiger partial charge in [-0.2, -0.15) is 0 Å². The summed E-state index contributed by atoms with van der Waals surface area (Å²) in [5, 5.41) is 0. The summed E-state index contributed by atoms with van der Waals surface area (Å²) in [6.07, 6.45) is 1.71. The molecule has 4 aromatic rings. The first-order chi connectivity index (χ1) is 22.6. The maximum atomic E-state index is 12.9. The average Bonchev–Trinajstić information content (AvgIpc) is 3.08. The Balaban J connectivity index is 1.31. The largest absolute Gasteiger partial charge is 0.584 e. The minimum Gasteiger partial charge on any atom is -0.395 e. The normalized spacial score (nSPS) is 11.2. The fraction of sp³-hybridized carbons (Fsp3) is 0.316. The number of benzene rings is 4. The first-order valence-electron chi connectivity index (χ1n) is 16.3. The molecule has 0 atom stereocenters. The molecule has 0 heterocycles. The zero-order valence-electron chi connectivity index (χ0n) is 27.7. The second kappa shape index (κ2) is 17.0. The summed E-state index contributed by atoms with van der Waals surface area (Å²) in [6, 6.07) is 28.8. The van der Waals surface area contributed by atoms with Crippen LogP contribution in [0.5, 0.6) is 11.5 Å². The Bertz CT molecular complexity index is 1540. The summed E-state index contributed by atoms with van der Waals surface area (Å²) in [7, 11) is -4.63. The highest BCUT2D eigenvalue weighted by Crippen LogP contribution is 2.44. The Morgan fingerprint density at radius 3 is 1.30 bits per heavy atom. The van der Waals surface area contributed by atoms with Crippen molar-refractivity contribution < 1.29 is 28.1 Å². The first-order valence-corrected chi connectivity index (χ1v) is 17.8. The lowest BCUT2D eigenvalue weighted by atomic mass is 10.0. The van der Waals surface area contributed by atoms with Crippen LogP contribution in [0.4, 0.5) is 11.4 Å². The predicted molar refractivity (Wildman–Crippen MR) is 189 cm³/mol. The number of carbonyl (C=O) groups excluding carboxylic acids is 2. The summed E-state index contributed by atoms with van der Waals surface area (Å²) in [4.78, 5) is 40.9. The molecule has 0 aliphatic rings. The molecule has 0 unspecified atom stereocenters. The van der Waals surface area contributed by atoms with Gasteiger partial charge in [-0.15, -0.1) is 0 Å². The van der Waals surface area contributed by atoms with Gasteiger partial charge in [0.15, 0.2) is 11.6 Å². The number of Topliss-reactive ketones (excluding diaryl/α,β-unsaturated/α-hetero) is 2. The quantitative estimate of drug-likeness (QED) is 0.0841. The van der Waals surface area contributed by atoms with Crippen LogP contribution in [-0.2, 0) is 17.4 Å². The topological polar surface area (TPSA) is 96.4 Å². The number of phosphoric acid groups is 1. The summed E-state index contributed by atoms with van der Waals surface area (Å²) in [6.45, 7) is 12.2. The second-order valence-electron chi connectivity index (χ2n) is 11.2. The monoisotopic (exact) mass is 656 g/mol. The van der Waals surface area contributed by atoms with Gasteiger partial charge in [0, 0.05) is 61.5 Å². The third-order valence-corrected chi connectivity index (χ3v) is 9.05. The third-order valence-electron chi connectivity index (χ3n) is 8.16. The number of aryl methyl sites for hydroxylation is 2. The molecule has 0 radical (unpaired) electrons. The van der Waals surface area contributed by atoms with Gasteiger partial charge in [0.2, 0.25) is 0 Å². The average molecular weight is 657 g/mol. The Labute approximate surface area is 278 Å². The van der Waals surface area contributed by atoms with Crippen LogP contribution in [-0.4, -0.2) is 42.6 Å². The molecule has 0 spiro atoms. The van der Waals surface area contributed by atoms with Gasteiger partial charge in [-0.05, 0) is 100 Å². The van der Waals surface area contributed by atoms with Crippen molar-refractivity contribution in [1.82, 2.24) is 0 Å². The zero-order chi connectivity index (χ0) is 33.8. The van der Waals surface area contributed by atoms with Crippen LogP contribution in [0, 0.1) is 0 Å². The number of hydrogen-bond donors (Lipinski definition) is 1. The smallest absolute Gasteiger partial charge is 0.395 e. The molecular weight excluding hydrogens is 611 g/mol. The molecule has 9 heteroatoms. The van der Waals surface area contributed by atoms with E-state index >= 15 is 0 Å². The van der Waals surface area contributed by atoms with Crippen molar-refractivity contribution >= 4 is 30.8 Å². The zero-order valence-corrected chi connectivity index (χ0v) is 28.6. The van der Waals surface area contributed by atoms with Gasteiger partial charge in [0.1, 0.15) is 11.5 Å². The van der Waals surface area contributed by atoms with Gasteiger partial charge in [-0.25, -0.2) is 4.57 Å². The maximum Gasteiger partial charge on any atom is 0.584 e. The van der Waals surface area contributed by atoms with Crippen LogP contribution in [0.3, 0.4) is 0 Å². The SMILES string of the molecule is CCN(CC)c1ccc(CCC(=O)c2cccc(OP(=O)(O)Oc3cccc(C(=O)CCc4ccc(N(CC)CC)cc4)c3)c2)cc1. The first kappa shape index (κ1) is 35.5. The van der Waals surface area contributed by atoms with Crippen LogP contribution in [0.25, 0.3) is 0 Å². The highest BCUT2D eigenvalue weighted by atomic mass is 31.2. The van der Waals surface area contributed by atoms with E-state index in [4.69, 9.17) is 9.05 Å². The molecule has 4 rings (SSSR count). The third kappa shape index (κ3) is 10.3. The van der Waals surface area contributed by atoms with E-state index in [1.165, 1.54) is 24.3 Å². The summed E-state index contributed by atoms with van der Waals surface area (Å²) in [5.41, 5.74) is 5.16. The fourth-order valence-electron chi connectivity index (χ4n) is 5.47. The fourth-order valence-corrected chi connectivity index (χ4v) is 6.26. The minimum absolute atomic E-state index is 0.0319. The predicted octanol–water partition coefficient (Wildman–Crippen LogP) is 8.57. The van der Waals surface area contributed by atoms with Crippen LogP contribution in [0.15, 0.2) is 97.1 Å². The second-order valence-corrected chi connectivity index (χ2v) is 12.5. The number of anilines is 2. The molecule has 47 heavy (non-hydrogen) atoms. The van der Waals surface area contributed by atoms with Gasteiger partial charge in [0.05, 0.1) is 0 Å². The molecule has 248 valence electrons.